The Balaban J connectivity index is 1.90. The molecule has 27 heavy (non-hydrogen) atoms. The first kappa shape index (κ1) is 21.2. The van der Waals surface area contributed by atoms with Crippen molar-refractivity contribution in [2.45, 2.75) is 52.0 Å². The van der Waals surface area contributed by atoms with Gasteiger partial charge >= 0.3 is 5.97 Å². The average Bonchev–Trinajstić information content (AvgIpc) is 2.65. The number of nitrogens with zero attached hydrogens (tertiary/aromatic N) is 1. The lowest BCUT2D eigenvalue weighted by Crippen LogP contribution is -2.43. The Labute approximate surface area is 161 Å². The zero-order valence-electron chi connectivity index (χ0n) is 16.4. The number of hydrogen-bond acceptors (Lipinski definition) is 4. The van der Waals surface area contributed by atoms with Crippen LogP contribution < -0.4 is 10.1 Å². The molecule has 1 aliphatic heterocycles. The lowest BCUT2D eigenvalue weighted by molar-refractivity contribution is -0.137. The van der Waals surface area contributed by atoms with Crippen molar-refractivity contribution in [2.75, 3.05) is 26.2 Å². The summed E-state index contributed by atoms with van der Waals surface area (Å²) in [6, 6.07) is 7.76. The van der Waals surface area contributed by atoms with E-state index in [1.165, 1.54) is 0 Å². The van der Waals surface area contributed by atoms with Crippen LogP contribution in [-0.4, -0.2) is 48.1 Å². The Morgan fingerprint density at radius 3 is 2.81 bits per heavy atom. The third-order valence-electron chi connectivity index (χ3n) is 5.07. The maximum atomic E-state index is 12.6. The topological polar surface area (TPSA) is 78.9 Å². The second kappa shape index (κ2) is 10.9. The van der Waals surface area contributed by atoms with Gasteiger partial charge in [-0.05, 0) is 51.1 Å². The molecule has 1 fully saturated rings. The molecule has 1 aromatic rings. The monoisotopic (exact) mass is 376 g/mol. The van der Waals surface area contributed by atoms with Gasteiger partial charge in [-0.3, -0.25) is 14.5 Å². The molecule has 2 rings (SSSR count). The Hall–Kier alpha value is -2.08. The van der Waals surface area contributed by atoms with Crippen molar-refractivity contribution in [1.29, 1.82) is 0 Å². The third-order valence-corrected chi connectivity index (χ3v) is 5.07. The highest BCUT2D eigenvalue weighted by Crippen LogP contribution is 2.27. The van der Waals surface area contributed by atoms with E-state index in [0.717, 1.165) is 43.7 Å². The highest BCUT2D eigenvalue weighted by molar-refractivity contribution is 5.78. The van der Waals surface area contributed by atoms with Crippen LogP contribution in [-0.2, 0) is 9.59 Å². The number of rotatable bonds is 10. The number of carboxylic acids is 1. The number of aliphatic carboxylic acids is 1. The maximum absolute atomic E-state index is 12.6. The summed E-state index contributed by atoms with van der Waals surface area (Å²) in [6.07, 6.45) is 3.74. The fraction of sp³-hybridized carbons (Fsp3) is 0.619. The Morgan fingerprint density at radius 2 is 2.11 bits per heavy atom. The van der Waals surface area contributed by atoms with Crippen LogP contribution in [0.1, 0.15) is 57.6 Å². The van der Waals surface area contributed by atoms with Gasteiger partial charge in [0.05, 0.1) is 19.2 Å². The normalized spacial score (nSPS) is 18.7. The maximum Gasteiger partial charge on any atom is 0.303 e. The molecule has 0 aromatic heterocycles. The molecule has 6 heteroatoms. The SMILES string of the molecule is CCOc1ccccc1C(CC)NC(=O)CN1CCCC(CCC(=O)O)C1. The average molecular weight is 376 g/mol. The van der Waals surface area contributed by atoms with Crippen molar-refractivity contribution in [3.8, 4) is 5.75 Å². The van der Waals surface area contributed by atoms with Gasteiger partial charge in [0.1, 0.15) is 5.75 Å². The second-order valence-electron chi connectivity index (χ2n) is 7.17. The molecule has 1 amide bonds. The minimum Gasteiger partial charge on any atom is -0.494 e. The lowest BCUT2D eigenvalue weighted by Gasteiger charge is -2.32. The van der Waals surface area contributed by atoms with Crippen molar-refractivity contribution in [2.24, 2.45) is 5.92 Å². The number of carbonyl (C=O) groups is 2. The van der Waals surface area contributed by atoms with Crippen LogP contribution in [0.3, 0.4) is 0 Å². The third kappa shape index (κ3) is 6.86. The van der Waals surface area contributed by atoms with E-state index >= 15 is 0 Å². The molecule has 6 nitrogen and oxygen atoms in total. The van der Waals surface area contributed by atoms with Gasteiger partial charge in [-0.15, -0.1) is 0 Å². The van der Waals surface area contributed by atoms with Crippen molar-refractivity contribution in [3.05, 3.63) is 29.8 Å². The van der Waals surface area contributed by atoms with Gasteiger partial charge < -0.3 is 15.2 Å². The molecule has 1 aromatic carbocycles. The van der Waals surface area contributed by atoms with E-state index in [4.69, 9.17) is 9.84 Å². The predicted molar refractivity (Wildman–Crippen MR) is 105 cm³/mol. The Kier molecular flexibility index (Phi) is 8.58. The Bertz CT molecular complexity index is 620. The number of amides is 1. The molecule has 1 aliphatic rings. The molecule has 1 heterocycles. The molecule has 0 bridgehead atoms. The van der Waals surface area contributed by atoms with Crippen molar-refractivity contribution in [1.82, 2.24) is 10.2 Å². The number of benzene rings is 1. The first-order chi connectivity index (χ1) is 13.0. The van der Waals surface area contributed by atoms with Gasteiger partial charge in [-0.1, -0.05) is 25.1 Å². The summed E-state index contributed by atoms with van der Waals surface area (Å²) in [7, 11) is 0. The van der Waals surface area contributed by atoms with Gasteiger partial charge in [0.15, 0.2) is 0 Å². The van der Waals surface area contributed by atoms with Crippen LogP contribution in [0.15, 0.2) is 24.3 Å². The fourth-order valence-electron chi connectivity index (χ4n) is 3.76. The van der Waals surface area contributed by atoms with Gasteiger partial charge in [0.25, 0.3) is 0 Å². The number of carbonyl (C=O) groups excluding carboxylic acids is 1. The fourth-order valence-corrected chi connectivity index (χ4v) is 3.76. The first-order valence-corrected chi connectivity index (χ1v) is 9.98. The minimum atomic E-state index is -0.747. The minimum absolute atomic E-state index is 0.00651. The van der Waals surface area contributed by atoms with Crippen molar-refractivity contribution < 1.29 is 19.4 Å². The summed E-state index contributed by atoms with van der Waals surface area (Å²) in [4.78, 5) is 25.5. The van der Waals surface area contributed by atoms with Crippen molar-refractivity contribution in [3.63, 3.8) is 0 Å². The summed E-state index contributed by atoms with van der Waals surface area (Å²) in [5.41, 5.74) is 1.01. The number of hydrogen-bond donors (Lipinski definition) is 2. The first-order valence-electron chi connectivity index (χ1n) is 9.98. The van der Waals surface area contributed by atoms with Crippen LogP contribution in [0.25, 0.3) is 0 Å². The van der Waals surface area contributed by atoms with E-state index < -0.39 is 5.97 Å². The summed E-state index contributed by atoms with van der Waals surface area (Å²) in [5.74, 6) is 0.442. The standard InChI is InChI=1S/C21H32N2O4/c1-3-18(17-9-5-6-10-19(17)27-4-2)22-20(24)15-23-13-7-8-16(14-23)11-12-21(25)26/h5-6,9-10,16,18H,3-4,7-8,11-15H2,1-2H3,(H,22,24)(H,25,26). The zero-order valence-corrected chi connectivity index (χ0v) is 16.4. The summed E-state index contributed by atoms with van der Waals surface area (Å²) in [6.45, 7) is 6.64. The summed E-state index contributed by atoms with van der Waals surface area (Å²) >= 11 is 0. The molecule has 1 saturated heterocycles. The van der Waals surface area contributed by atoms with Gasteiger partial charge in [0, 0.05) is 18.5 Å². The highest BCUT2D eigenvalue weighted by Gasteiger charge is 2.23. The number of piperidine rings is 1. The van der Waals surface area contributed by atoms with Gasteiger partial charge in [-0.25, -0.2) is 0 Å². The van der Waals surface area contributed by atoms with Crippen LogP contribution in [0.5, 0.6) is 5.75 Å². The molecule has 2 N–H and O–H groups in total. The zero-order chi connectivity index (χ0) is 19.6. The number of carboxylic acid groups (broad SMARTS) is 1. The quantitative estimate of drug-likeness (QED) is 0.655. The van der Waals surface area contributed by atoms with E-state index in [1.807, 2.05) is 31.2 Å². The van der Waals surface area contributed by atoms with E-state index in [2.05, 4.69) is 17.1 Å². The van der Waals surface area contributed by atoms with Gasteiger partial charge in [0.2, 0.25) is 5.91 Å². The molecule has 150 valence electrons. The second-order valence-corrected chi connectivity index (χ2v) is 7.17. The summed E-state index contributed by atoms with van der Waals surface area (Å²) in [5, 5.41) is 12.0. The smallest absolute Gasteiger partial charge is 0.303 e. The molecule has 0 aliphatic carbocycles. The van der Waals surface area contributed by atoms with Crippen LogP contribution >= 0.6 is 0 Å². The van der Waals surface area contributed by atoms with Crippen LogP contribution in [0, 0.1) is 5.92 Å². The molecular formula is C21H32N2O4. The lowest BCUT2D eigenvalue weighted by atomic mass is 9.93. The molecular weight excluding hydrogens is 344 g/mol. The molecule has 2 atom stereocenters. The largest absolute Gasteiger partial charge is 0.494 e. The van der Waals surface area contributed by atoms with E-state index in [-0.39, 0.29) is 18.4 Å². The van der Waals surface area contributed by atoms with Gasteiger partial charge in [-0.2, -0.15) is 0 Å². The molecule has 2 unspecified atom stereocenters. The van der Waals surface area contributed by atoms with E-state index in [0.29, 0.717) is 25.5 Å². The molecule has 0 radical (unpaired) electrons. The number of ether oxygens (including phenoxy) is 1. The van der Waals surface area contributed by atoms with Crippen LogP contribution in [0.2, 0.25) is 0 Å². The summed E-state index contributed by atoms with van der Waals surface area (Å²) < 4.78 is 5.70. The number of likely N-dealkylation sites (tertiary alicyclic amines) is 1. The number of nitrogens with one attached hydrogen (secondary N) is 1. The van der Waals surface area contributed by atoms with Crippen LogP contribution in [0.4, 0.5) is 0 Å². The molecule has 0 spiro atoms. The van der Waals surface area contributed by atoms with E-state index in [9.17, 15) is 9.59 Å². The highest BCUT2D eigenvalue weighted by atomic mass is 16.5. The Morgan fingerprint density at radius 1 is 1.33 bits per heavy atom. The van der Waals surface area contributed by atoms with Crippen molar-refractivity contribution >= 4 is 11.9 Å². The molecule has 0 saturated carbocycles. The van der Waals surface area contributed by atoms with E-state index in [1.54, 1.807) is 0 Å². The number of para-hydroxylation sites is 1. The predicted octanol–water partition coefficient (Wildman–Crippen LogP) is 3.23.